The van der Waals surface area contributed by atoms with Crippen LogP contribution in [0.1, 0.15) is 17.5 Å². The first-order chi connectivity index (χ1) is 13.1. The molecule has 1 fully saturated rings. The van der Waals surface area contributed by atoms with Gasteiger partial charge in [-0.25, -0.2) is 9.37 Å². The van der Waals surface area contributed by atoms with Crippen molar-refractivity contribution < 1.29 is 13.9 Å². The summed E-state index contributed by atoms with van der Waals surface area (Å²) < 4.78 is 18.6. The van der Waals surface area contributed by atoms with Crippen LogP contribution in [-0.4, -0.2) is 49.1 Å². The number of nitrogens with zero attached hydrogens (tertiary/aromatic N) is 4. The fourth-order valence-corrected chi connectivity index (χ4v) is 3.18. The molecule has 0 N–H and O–H groups in total. The summed E-state index contributed by atoms with van der Waals surface area (Å²) in [5.74, 6) is 0.500. The van der Waals surface area contributed by atoms with Crippen LogP contribution in [0.4, 0.5) is 10.2 Å². The lowest BCUT2D eigenvalue weighted by Gasteiger charge is -2.35. The molecule has 7 heteroatoms. The highest BCUT2D eigenvalue weighted by molar-refractivity contribution is 5.76. The summed E-state index contributed by atoms with van der Waals surface area (Å²) in [4.78, 5) is 20.6. The first kappa shape index (κ1) is 18.6. The van der Waals surface area contributed by atoms with Crippen molar-refractivity contribution in [1.29, 1.82) is 5.26 Å². The quantitative estimate of drug-likeness (QED) is 0.810. The van der Waals surface area contributed by atoms with Gasteiger partial charge in [0, 0.05) is 38.8 Å². The molecule has 3 rings (SSSR count). The second-order valence-corrected chi connectivity index (χ2v) is 6.32. The van der Waals surface area contributed by atoms with E-state index in [2.05, 4.69) is 11.1 Å². The van der Waals surface area contributed by atoms with E-state index < -0.39 is 5.82 Å². The number of amides is 1. The molecule has 140 valence electrons. The molecule has 2 heterocycles. The van der Waals surface area contributed by atoms with Crippen molar-refractivity contribution in [2.24, 2.45) is 0 Å². The molecule has 1 aromatic carbocycles. The molecule has 1 saturated heterocycles. The molecular weight excluding hydrogens is 347 g/mol. The number of methoxy groups -OCH3 is 1. The Bertz CT molecular complexity index is 857. The Kier molecular flexibility index (Phi) is 5.87. The van der Waals surface area contributed by atoms with Gasteiger partial charge in [-0.05, 0) is 36.2 Å². The van der Waals surface area contributed by atoms with E-state index in [-0.39, 0.29) is 11.7 Å². The third kappa shape index (κ3) is 4.34. The number of rotatable bonds is 5. The van der Waals surface area contributed by atoms with E-state index in [1.54, 1.807) is 30.5 Å². The number of hydrogen-bond acceptors (Lipinski definition) is 5. The molecule has 0 spiro atoms. The predicted molar refractivity (Wildman–Crippen MR) is 99.0 cm³/mol. The number of piperazine rings is 1. The van der Waals surface area contributed by atoms with Crippen molar-refractivity contribution in [3.8, 4) is 11.8 Å². The zero-order chi connectivity index (χ0) is 19.2. The third-order valence-electron chi connectivity index (χ3n) is 4.68. The lowest BCUT2D eigenvalue weighted by Crippen LogP contribution is -2.49. The molecule has 1 aromatic heterocycles. The SMILES string of the molecule is COc1ccc(CCC(=O)N2CCN(c3ncccc3C#N)CC2)cc1F. The number of carbonyl (C=O) groups excluding carboxylic acids is 1. The number of benzene rings is 1. The molecule has 1 aliphatic heterocycles. The van der Waals surface area contributed by atoms with E-state index in [1.807, 2.05) is 9.80 Å². The van der Waals surface area contributed by atoms with Gasteiger partial charge >= 0.3 is 0 Å². The molecule has 0 unspecified atom stereocenters. The van der Waals surface area contributed by atoms with Crippen LogP contribution >= 0.6 is 0 Å². The van der Waals surface area contributed by atoms with E-state index in [4.69, 9.17) is 4.74 Å². The van der Waals surface area contributed by atoms with Gasteiger partial charge in [0.15, 0.2) is 11.6 Å². The van der Waals surface area contributed by atoms with Gasteiger partial charge in [0.2, 0.25) is 5.91 Å². The number of anilines is 1. The van der Waals surface area contributed by atoms with Crippen molar-refractivity contribution in [3.63, 3.8) is 0 Å². The van der Waals surface area contributed by atoms with Crippen LogP contribution in [0.15, 0.2) is 36.5 Å². The van der Waals surface area contributed by atoms with E-state index in [9.17, 15) is 14.4 Å². The number of aromatic nitrogens is 1. The normalized spacial score (nSPS) is 14.0. The van der Waals surface area contributed by atoms with E-state index in [0.717, 1.165) is 5.56 Å². The van der Waals surface area contributed by atoms with Gasteiger partial charge < -0.3 is 14.5 Å². The van der Waals surface area contributed by atoms with E-state index >= 15 is 0 Å². The summed E-state index contributed by atoms with van der Waals surface area (Å²) in [6.07, 6.45) is 2.49. The number of pyridine rings is 1. The molecule has 0 bridgehead atoms. The Morgan fingerprint density at radius 1 is 1.30 bits per heavy atom. The Labute approximate surface area is 157 Å². The minimum absolute atomic E-state index is 0.0485. The largest absolute Gasteiger partial charge is 0.494 e. The summed E-state index contributed by atoms with van der Waals surface area (Å²) in [6.45, 7) is 2.43. The Morgan fingerprint density at radius 3 is 2.74 bits per heavy atom. The number of hydrogen-bond donors (Lipinski definition) is 0. The number of carbonyl (C=O) groups is 1. The fraction of sp³-hybridized carbons (Fsp3) is 0.350. The molecule has 2 aromatic rings. The molecule has 6 nitrogen and oxygen atoms in total. The summed E-state index contributed by atoms with van der Waals surface area (Å²) >= 11 is 0. The van der Waals surface area contributed by atoms with Gasteiger partial charge in [-0.15, -0.1) is 0 Å². The standard InChI is InChI=1S/C20H21FN4O2/c1-27-18-6-4-15(13-17(18)21)5-7-19(26)24-9-11-25(12-10-24)20-16(14-22)3-2-8-23-20/h2-4,6,8,13H,5,7,9-12H2,1H3. The van der Waals surface area contributed by atoms with E-state index in [0.29, 0.717) is 50.4 Å². The third-order valence-corrected chi connectivity index (χ3v) is 4.68. The number of halogens is 1. The maximum atomic E-state index is 13.7. The highest BCUT2D eigenvalue weighted by Crippen LogP contribution is 2.20. The Balaban J connectivity index is 1.53. The average Bonchev–Trinajstić information content (AvgIpc) is 2.72. The molecular formula is C20H21FN4O2. The fourth-order valence-electron chi connectivity index (χ4n) is 3.18. The monoisotopic (exact) mass is 368 g/mol. The number of ether oxygens (including phenoxy) is 1. The highest BCUT2D eigenvalue weighted by atomic mass is 19.1. The van der Waals surface area contributed by atoms with Crippen molar-refractivity contribution in [2.45, 2.75) is 12.8 Å². The zero-order valence-electron chi connectivity index (χ0n) is 15.2. The molecule has 27 heavy (non-hydrogen) atoms. The maximum absolute atomic E-state index is 13.7. The molecule has 1 amide bonds. The Morgan fingerprint density at radius 2 is 2.07 bits per heavy atom. The number of aryl methyl sites for hydroxylation is 1. The smallest absolute Gasteiger partial charge is 0.223 e. The Hall–Kier alpha value is -3.14. The van der Waals surface area contributed by atoms with Crippen LogP contribution in [0.2, 0.25) is 0 Å². The van der Waals surface area contributed by atoms with Crippen molar-refractivity contribution in [2.75, 3.05) is 38.2 Å². The summed E-state index contributed by atoms with van der Waals surface area (Å²) in [5, 5.41) is 9.20. The van der Waals surface area contributed by atoms with Crippen LogP contribution in [-0.2, 0) is 11.2 Å². The molecule has 0 aliphatic carbocycles. The minimum Gasteiger partial charge on any atom is -0.494 e. The molecule has 0 atom stereocenters. The molecule has 0 radical (unpaired) electrons. The van der Waals surface area contributed by atoms with Crippen LogP contribution in [0, 0.1) is 17.1 Å². The highest BCUT2D eigenvalue weighted by Gasteiger charge is 2.23. The van der Waals surface area contributed by atoms with Crippen molar-refractivity contribution >= 4 is 11.7 Å². The van der Waals surface area contributed by atoms with E-state index in [1.165, 1.54) is 13.2 Å². The predicted octanol–water partition coefficient (Wildman–Crippen LogP) is 2.38. The summed E-state index contributed by atoms with van der Waals surface area (Å²) in [6, 6.07) is 10.4. The zero-order valence-corrected chi connectivity index (χ0v) is 15.2. The van der Waals surface area contributed by atoms with Gasteiger partial charge in [-0.2, -0.15) is 5.26 Å². The summed E-state index contributed by atoms with van der Waals surface area (Å²) in [7, 11) is 1.42. The average molecular weight is 368 g/mol. The lowest BCUT2D eigenvalue weighted by molar-refractivity contribution is -0.131. The number of nitriles is 1. The molecule has 1 aliphatic rings. The van der Waals surface area contributed by atoms with Gasteiger partial charge in [-0.1, -0.05) is 6.07 Å². The van der Waals surface area contributed by atoms with Gasteiger partial charge in [0.25, 0.3) is 0 Å². The lowest BCUT2D eigenvalue weighted by atomic mass is 10.1. The minimum atomic E-state index is -0.417. The van der Waals surface area contributed by atoms with Crippen LogP contribution in [0.5, 0.6) is 5.75 Å². The second kappa shape index (κ2) is 8.49. The van der Waals surface area contributed by atoms with Gasteiger partial charge in [0.1, 0.15) is 11.9 Å². The molecule has 0 saturated carbocycles. The topological polar surface area (TPSA) is 69.5 Å². The van der Waals surface area contributed by atoms with Crippen LogP contribution < -0.4 is 9.64 Å². The maximum Gasteiger partial charge on any atom is 0.223 e. The van der Waals surface area contributed by atoms with Gasteiger partial charge in [0.05, 0.1) is 12.7 Å². The van der Waals surface area contributed by atoms with Crippen molar-refractivity contribution in [3.05, 3.63) is 53.5 Å². The first-order valence-corrected chi connectivity index (χ1v) is 8.82. The summed E-state index contributed by atoms with van der Waals surface area (Å²) in [5.41, 5.74) is 1.31. The van der Waals surface area contributed by atoms with Crippen LogP contribution in [0.3, 0.4) is 0 Å². The second-order valence-electron chi connectivity index (χ2n) is 6.32. The van der Waals surface area contributed by atoms with Gasteiger partial charge in [-0.3, -0.25) is 4.79 Å². The van der Waals surface area contributed by atoms with Crippen LogP contribution in [0.25, 0.3) is 0 Å². The van der Waals surface area contributed by atoms with Crippen molar-refractivity contribution in [1.82, 2.24) is 9.88 Å². The first-order valence-electron chi connectivity index (χ1n) is 8.82.